The number of amides is 1. The first kappa shape index (κ1) is 32.1. The van der Waals surface area contributed by atoms with Crippen LogP contribution in [0.2, 0.25) is 0 Å². The average molecular weight is 595 g/mol. The predicted octanol–water partition coefficient (Wildman–Crippen LogP) is 6.06. The van der Waals surface area contributed by atoms with Crippen LogP contribution in [0.1, 0.15) is 73.3 Å². The number of ether oxygens (including phenoxy) is 1. The van der Waals surface area contributed by atoms with E-state index in [0.29, 0.717) is 24.0 Å². The third-order valence-electron chi connectivity index (χ3n) is 8.67. The number of nitrogens with one attached hydrogen (secondary N) is 1. The second kappa shape index (κ2) is 12.8. The van der Waals surface area contributed by atoms with E-state index >= 15 is 0 Å². The van der Waals surface area contributed by atoms with Gasteiger partial charge in [-0.1, -0.05) is 40.7 Å². The van der Waals surface area contributed by atoms with Crippen molar-refractivity contribution in [1.82, 2.24) is 19.7 Å². The zero-order valence-electron chi connectivity index (χ0n) is 26.6. The number of anilines is 1. The van der Waals surface area contributed by atoms with Gasteiger partial charge in [-0.3, -0.25) is 9.69 Å². The van der Waals surface area contributed by atoms with Gasteiger partial charge in [-0.15, -0.1) is 17.7 Å². The van der Waals surface area contributed by atoms with Crippen LogP contribution in [-0.4, -0.2) is 57.4 Å². The molecule has 8 nitrogen and oxygen atoms in total. The highest BCUT2D eigenvalue weighted by atomic mass is 32.1. The van der Waals surface area contributed by atoms with Crippen molar-refractivity contribution in [3.8, 4) is 5.88 Å². The molecule has 0 aromatic carbocycles. The van der Waals surface area contributed by atoms with E-state index in [2.05, 4.69) is 88.4 Å². The molecule has 0 spiro atoms. The topological polar surface area (TPSA) is 98.3 Å². The normalized spacial score (nSPS) is 27.4. The fourth-order valence-electron chi connectivity index (χ4n) is 6.75. The lowest BCUT2D eigenvalue weighted by Crippen LogP contribution is -2.51. The first-order chi connectivity index (χ1) is 19.7. The number of carbonyl (C=O) groups is 1. The minimum absolute atomic E-state index is 0.0464. The van der Waals surface area contributed by atoms with Crippen molar-refractivity contribution in [2.75, 3.05) is 25.5 Å². The fourth-order valence-corrected chi connectivity index (χ4v) is 7.08. The molecular weight excluding hydrogens is 544 g/mol. The Labute approximate surface area is 257 Å². The lowest BCUT2D eigenvalue weighted by atomic mass is 9.79. The molecule has 230 valence electrons. The molecule has 42 heavy (non-hydrogen) atoms. The summed E-state index contributed by atoms with van der Waals surface area (Å²) in [6.07, 6.45) is 11.7. The predicted molar refractivity (Wildman–Crippen MR) is 174 cm³/mol. The second-order valence-electron chi connectivity index (χ2n) is 14.0. The van der Waals surface area contributed by atoms with Crippen LogP contribution < -0.4 is 15.8 Å². The molecule has 3 heterocycles. The maximum absolute atomic E-state index is 13.0. The molecule has 2 aromatic heterocycles. The van der Waals surface area contributed by atoms with Crippen molar-refractivity contribution >= 4 is 30.1 Å². The molecule has 2 aliphatic rings. The van der Waals surface area contributed by atoms with Gasteiger partial charge in [0.15, 0.2) is 0 Å². The van der Waals surface area contributed by atoms with Gasteiger partial charge in [0, 0.05) is 65.7 Å². The molecule has 3 N–H and O–H groups in total. The van der Waals surface area contributed by atoms with Gasteiger partial charge in [-0.25, -0.2) is 9.67 Å². The average Bonchev–Trinajstić information content (AvgIpc) is 3.47. The summed E-state index contributed by atoms with van der Waals surface area (Å²) in [5, 5.41) is 7.83. The summed E-state index contributed by atoms with van der Waals surface area (Å²) in [5.41, 5.74) is 8.97. The molecule has 0 radical (unpaired) electrons. The minimum atomic E-state index is -0.363. The molecule has 4 atom stereocenters. The van der Waals surface area contributed by atoms with Gasteiger partial charge in [0.1, 0.15) is 5.82 Å². The Morgan fingerprint density at radius 2 is 2.02 bits per heavy atom. The Hall–Kier alpha value is -2.78. The monoisotopic (exact) mass is 594 g/mol. The third kappa shape index (κ3) is 7.40. The van der Waals surface area contributed by atoms with Crippen molar-refractivity contribution in [2.45, 2.75) is 90.6 Å². The summed E-state index contributed by atoms with van der Waals surface area (Å²) in [4.78, 5) is 20.9. The quantitative estimate of drug-likeness (QED) is 0.305. The summed E-state index contributed by atoms with van der Waals surface area (Å²) < 4.78 is 7.87. The Morgan fingerprint density at radius 1 is 1.29 bits per heavy atom. The van der Waals surface area contributed by atoms with Gasteiger partial charge in [-0.2, -0.15) is 0 Å². The summed E-state index contributed by atoms with van der Waals surface area (Å²) in [6.45, 7) is 17.0. The van der Waals surface area contributed by atoms with Gasteiger partial charge < -0.3 is 15.8 Å². The number of pyridine rings is 1. The van der Waals surface area contributed by atoms with E-state index in [1.165, 1.54) is 5.56 Å². The van der Waals surface area contributed by atoms with Crippen LogP contribution >= 0.6 is 12.6 Å². The van der Waals surface area contributed by atoms with Crippen LogP contribution in [0.4, 0.5) is 5.82 Å². The first-order valence-electron chi connectivity index (χ1n) is 15.2. The number of allylic oxidation sites excluding steroid dienone is 3. The third-order valence-corrected chi connectivity index (χ3v) is 9.01. The van der Waals surface area contributed by atoms with E-state index in [0.717, 1.165) is 48.6 Å². The number of rotatable bonds is 9. The zero-order valence-corrected chi connectivity index (χ0v) is 27.5. The van der Waals surface area contributed by atoms with E-state index in [-0.39, 0.29) is 34.7 Å². The molecular formula is C33H50N6O2S. The molecule has 2 aromatic rings. The number of hydrogen-bond donors (Lipinski definition) is 3. The van der Waals surface area contributed by atoms with Gasteiger partial charge in [0.05, 0.1) is 6.61 Å². The summed E-state index contributed by atoms with van der Waals surface area (Å²) in [5.74, 6) is 1.96. The highest BCUT2D eigenvalue weighted by molar-refractivity contribution is 7.80. The Morgan fingerprint density at radius 3 is 2.64 bits per heavy atom. The van der Waals surface area contributed by atoms with Crippen LogP contribution in [0.25, 0.3) is 5.70 Å². The molecule has 4 rings (SSSR count). The number of primary amides is 1. The van der Waals surface area contributed by atoms with Crippen LogP contribution in [0, 0.1) is 23.2 Å². The molecule has 3 unspecified atom stereocenters. The van der Waals surface area contributed by atoms with E-state index in [1.54, 1.807) is 0 Å². The highest BCUT2D eigenvalue weighted by Gasteiger charge is 2.46. The van der Waals surface area contributed by atoms with Crippen LogP contribution in [-0.2, 0) is 11.2 Å². The van der Waals surface area contributed by atoms with Gasteiger partial charge >= 0.3 is 0 Å². The molecule has 0 saturated carbocycles. The first-order valence-corrected chi connectivity index (χ1v) is 15.7. The molecule has 1 aliphatic carbocycles. The Balaban J connectivity index is 1.63. The minimum Gasteiger partial charge on any atom is -0.476 e. The van der Waals surface area contributed by atoms with Crippen molar-refractivity contribution in [3.05, 3.63) is 47.8 Å². The SMILES string of the molecule is CCC1CC(C)C(N2C[C@@H](Cc3cnc(NC)c(S)c3)CC2(C)C)/C(C(N)=O)=C\C=C/1n1ccc(OCC(C)(C)C)n1. The number of hydrogen-bond acceptors (Lipinski definition) is 7. The summed E-state index contributed by atoms with van der Waals surface area (Å²) in [6, 6.07) is 3.95. The Bertz CT molecular complexity index is 1320. The van der Waals surface area contributed by atoms with Crippen LogP contribution in [0.5, 0.6) is 5.88 Å². The summed E-state index contributed by atoms with van der Waals surface area (Å²) >= 11 is 4.61. The maximum Gasteiger partial charge on any atom is 0.246 e. The second-order valence-corrected chi connectivity index (χ2v) is 14.5. The summed E-state index contributed by atoms with van der Waals surface area (Å²) in [7, 11) is 1.86. The largest absolute Gasteiger partial charge is 0.476 e. The lowest BCUT2D eigenvalue weighted by Gasteiger charge is -2.43. The van der Waals surface area contributed by atoms with E-state index in [1.807, 2.05) is 36.3 Å². The number of nitrogens with two attached hydrogens (primary N) is 1. The number of carbonyl (C=O) groups excluding carboxylic acids is 1. The molecule has 9 heteroatoms. The molecule has 1 saturated heterocycles. The highest BCUT2D eigenvalue weighted by Crippen LogP contribution is 2.42. The maximum atomic E-state index is 13.0. The number of nitrogens with zero attached hydrogens (tertiary/aromatic N) is 4. The zero-order chi connectivity index (χ0) is 30.8. The van der Waals surface area contributed by atoms with Crippen molar-refractivity contribution in [1.29, 1.82) is 0 Å². The number of aromatic nitrogens is 3. The molecule has 1 fully saturated rings. The van der Waals surface area contributed by atoms with Crippen molar-refractivity contribution in [2.24, 2.45) is 28.9 Å². The number of thiol groups is 1. The van der Waals surface area contributed by atoms with E-state index in [9.17, 15) is 4.79 Å². The van der Waals surface area contributed by atoms with Gasteiger partial charge in [0.2, 0.25) is 11.8 Å². The van der Waals surface area contributed by atoms with Gasteiger partial charge in [0.25, 0.3) is 0 Å². The van der Waals surface area contributed by atoms with Crippen molar-refractivity contribution < 1.29 is 9.53 Å². The standard InChI is InChI=1S/C33H50N6O2S/c1-9-24-14-21(2)29(38-19-23(17-33(38,6)7)15-22-16-27(42)31(35-8)36-18-22)25(30(34)40)10-11-26(24)39-13-12-28(37-39)41-20-32(3,4)5/h10-13,16,18,21,23-24,29,42H,9,14-15,17,19-20H2,1-8H3,(H2,34,40)(H,35,36)/b25-10+,26-11+/t21?,23-,24?,29?/m0/s1. The number of likely N-dealkylation sites (tertiary alicyclic amines) is 1. The van der Waals surface area contributed by atoms with Crippen molar-refractivity contribution in [3.63, 3.8) is 0 Å². The smallest absolute Gasteiger partial charge is 0.246 e. The molecule has 0 bridgehead atoms. The lowest BCUT2D eigenvalue weighted by molar-refractivity contribution is -0.115. The molecule has 1 aliphatic heterocycles. The van der Waals surface area contributed by atoms with Crippen LogP contribution in [0.3, 0.4) is 0 Å². The van der Waals surface area contributed by atoms with Gasteiger partial charge in [-0.05, 0) is 74.5 Å². The van der Waals surface area contributed by atoms with E-state index < -0.39 is 0 Å². The van der Waals surface area contributed by atoms with Crippen LogP contribution in [0.15, 0.2) is 47.1 Å². The Kier molecular flexibility index (Phi) is 9.82. The van der Waals surface area contributed by atoms with E-state index in [4.69, 9.17) is 15.6 Å². The molecule has 1 amide bonds. The fraction of sp³-hybridized carbons (Fsp3) is 0.606.